The SMILES string of the molecule is C=C(C)C/C=C(/COCC1CO1)[Si](C)(CCC)CCC. The first-order chi connectivity index (χ1) is 9.51. The predicted octanol–water partition coefficient (Wildman–Crippen LogP) is 4.73. The van der Waals surface area contributed by atoms with Gasteiger partial charge in [-0.05, 0) is 13.3 Å². The molecule has 2 nitrogen and oxygen atoms in total. The standard InChI is InChI=1S/C17H32O2Si/c1-6-10-20(5,11-7-2)17(9-8-15(3)4)14-18-12-16-13-19-16/h9,16H,3,6-8,10-14H2,1-2,4-5H3/b17-9-. The van der Waals surface area contributed by atoms with Gasteiger partial charge in [0.1, 0.15) is 6.10 Å². The molecule has 0 aliphatic carbocycles. The molecule has 0 N–H and O–H groups in total. The highest BCUT2D eigenvalue weighted by atomic mass is 28.3. The van der Waals surface area contributed by atoms with Gasteiger partial charge in [0.05, 0.1) is 27.9 Å². The lowest BCUT2D eigenvalue weighted by Crippen LogP contribution is -2.35. The lowest BCUT2D eigenvalue weighted by molar-refractivity contribution is 0.138. The van der Waals surface area contributed by atoms with Gasteiger partial charge in [0.25, 0.3) is 0 Å². The fraction of sp³-hybridized carbons (Fsp3) is 0.765. The Bertz CT molecular complexity index is 326. The van der Waals surface area contributed by atoms with E-state index in [0.29, 0.717) is 6.10 Å². The fourth-order valence-electron chi connectivity index (χ4n) is 2.79. The van der Waals surface area contributed by atoms with Gasteiger partial charge in [-0.25, -0.2) is 0 Å². The molecular weight excluding hydrogens is 264 g/mol. The topological polar surface area (TPSA) is 21.8 Å². The Morgan fingerprint density at radius 3 is 2.40 bits per heavy atom. The Balaban J connectivity index is 2.69. The molecule has 1 heterocycles. The molecule has 0 spiro atoms. The van der Waals surface area contributed by atoms with E-state index < -0.39 is 8.07 Å². The van der Waals surface area contributed by atoms with E-state index in [4.69, 9.17) is 9.47 Å². The molecule has 0 aromatic heterocycles. The maximum Gasteiger partial charge on any atom is 0.104 e. The third-order valence-electron chi connectivity index (χ3n) is 4.04. The van der Waals surface area contributed by atoms with Gasteiger partial charge in [-0.2, -0.15) is 0 Å². The molecule has 3 heteroatoms. The highest BCUT2D eigenvalue weighted by molar-refractivity contribution is 6.85. The van der Waals surface area contributed by atoms with Crippen molar-refractivity contribution in [2.45, 2.75) is 64.8 Å². The van der Waals surface area contributed by atoms with Gasteiger partial charge in [-0.15, -0.1) is 0 Å². The summed E-state index contributed by atoms with van der Waals surface area (Å²) >= 11 is 0. The third kappa shape index (κ3) is 6.38. The van der Waals surface area contributed by atoms with Gasteiger partial charge in [0.15, 0.2) is 0 Å². The van der Waals surface area contributed by atoms with Crippen molar-refractivity contribution < 1.29 is 9.47 Å². The van der Waals surface area contributed by atoms with Crippen molar-refractivity contribution in [2.24, 2.45) is 0 Å². The van der Waals surface area contributed by atoms with Crippen LogP contribution in [0.1, 0.15) is 40.0 Å². The molecule has 20 heavy (non-hydrogen) atoms. The molecule has 0 amide bonds. The van der Waals surface area contributed by atoms with Crippen LogP contribution in [0.3, 0.4) is 0 Å². The first-order valence-corrected chi connectivity index (χ1v) is 11.0. The smallest absolute Gasteiger partial charge is 0.104 e. The quantitative estimate of drug-likeness (QED) is 0.312. The number of ether oxygens (including phenoxy) is 2. The molecule has 0 saturated carbocycles. The second-order valence-corrected chi connectivity index (χ2v) is 11.2. The van der Waals surface area contributed by atoms with E-state index in [-0.39, 0.29) is 0 Å². The minimum Gasteiger partial charge on any atom is -0.375 e. The summed E-state index contributed by atoms with van der Waals surface area (Å²) < 4.78 is 11.1. The van der Waals surface area contributed by atoms with Crippen molar-refractivity contribution in [3.05, 3.63) is 23.4 Å². The maximum absolute atomic E-state index is 5.90. The third-order valence-corrected chi connectivity index (χ3v) is 9.15. The lowest BCUT2D eigenvalue weighted by atomic mass is 10.2. The Labute approximate surface area is 126 Å². The summed E-state index contributed by atoms with van der Waals surface area (Å²) in [6, 6.07) is 2.73. The van der Waals surface area contributed by atoms with Crippen LogP contribution in [0.15, 0.2) is 23.4 Å². The summed E-state index contributed by atoms with van der Waals surface area (Å²) in [4.78, 5) is 0. The first-order valence-electron chi connectivity index (χ1n) is 8.05. The van der Waals surface area contributed by atoms with E-state index in [1.54, 1.807) is 5.20 Å². The van der Waals surface area contributed by atoms with Crippen LogP contribution in [0, 0.1) is 0 Å². The van der Waals surface area contributed by atoms with E-state index in [2.05, 4.69) is 40.0 Å². The molecule has 0 bridgehead atoms. The monoisotopic (exact) mass is 296 g/mol. The summed E-state index contributed by atoms with van der Waals surface area (Å²) in [6.45, 7) is 15.7. The molecule has 0 radical (unpaired) electrons. The van der Waals surface area contributed by atoms with Crippen LogP contribution >= 0.6 is 0 Å². The summed E-state index contributed by atoms with van der Waals surface area (Å²) in [5.41, 5.74) is 1.23. The molecule has 0 aromatic rings. The molecule has 1 saturated heterocycles. The number of rotatable bonds is 11. The molecule has 1 aliphatic rings. The number of hydrogen-bond donors (Lipinski definition) is 0. The molecule has 1 unspecified atom stereocenters. The van der Waals surface area contributed by atoms with Gasteiger partial charge < -0.3 is 9.47 Å². The summed E-state index contributed by atoms with van der Waals surface area (Å²) in [6.07, 6.45) is 6.32. The largest absolute Gasteiger partial charge is 0.375 e. The average molecular weight is 297 g/mol. The van der Waals surface area contributed by atoms with Crippen LogP contribution in [-0.4, -0.2) is 34.0 Å². The van der Waals surface area contributed by atoms with Crippen molar-refractivity contribution >= 4 is 8.07 Å². The van der Waals surface area contributed by atoms with E-state index in [0.717, 1.165) is 26.2 Å². The van der Waals surface area contributed by atoms with Crippen LogP contribution in [0.4, 0.5) is 0 Å². The number of allylic oxidation sites excluding steroid dienone is 2. The summed E-state index contributed by atoms with van der Waals surface area (Å²) in [5, 5.41) is 1.59. The highest BCUT2D eigenvalue weighted by Crippen LogP contribution is 2.29. The zero-order chi connectivity index (χ0) is 15.0. The first kappa shape index (κ1) is 17.7. The van der Waals surface area contributed by atoms with Gasteiger partial charge in [-0.3, -0.25) is 0 Å². The van der Waals surface area contributed by atoms with Gasteiger partial charge >= 0.3 is 0 Å². The second-order valence-electron chi connectivity index (χ2n) is 6.42. The van der Waals surface area contributed by atoms with E-state index in [1.165, 1.54) is 30.5 Å². The molecule has 1 aliphatic heterocycles. The molecule has 1 rings (SSSR count). The van der Waals surface area contributed by atoms with E-state index in [1.807, 2.05) is 0 Å². The van der Waals surface area contributed by atoms with Crippen molar-refractivity contribution in [2.75, 3.05) is 19.8 Å². The van der Waals surface area contributed by atoms with Crippen LogP contribution in [0.25, 0.3) is 0 Å². The minimum absolute atomic E-state index is 0.364. The zero-order valence-electron chi connectivity index (χ0n) is 13.8. The normalized spacial score (nSPS) is 19.2. The maximum atomic E-state index is 5.90. The summed E-state index contributed by atoms with van der Waals surface area (Å²) in [5.74, 6) is 0. The Hall–Kier alpha value is -0.383. The van der Waals surface area contributed by atoms with Gasteiger partial charge in [-0.1, -0.05) is 68.7 Å². The van der Waals surface area contributed by atoms with Crippen molar-refractivity contribution in [3.8, 4) is 0 Å². The van der Waals surface area contributed by atoms with Crippen LogP contribution in [0.5, 0.6) is 0 Å². The van der Waals surface area contributed by atoms with Crippen molar-refractivity contribution in [3.63, 3.8) is 0 Å². The Kier molecular flexibility index (Phi) is 7.78. The number of epoxide rings is 1. The average Bonchev–Trinajstić information content (AvgIpc) is 3.17. The molecule has 116 valence electrons. The van der Waals surface area contributed by atoms with Gasteiger partial charge in [0, 0.05) is 0 Å². The molecular formula is C17H32O2Si. The molecule has 1 atom stereocenters. The molecule has 1 fully saturated rings. The fourth-order valence-corrected chi connectivity index (χ4v) is 6.94. The number of hydrogen-bond acceptors (Lipinski definition) is 2. The van der Waals surface area contributed by atoms with E-state index in [9.17, 15) is 0 Å². The molecule has 0 aromatic carbocycles. The predicted molar refractivity (Wildman–Crippen MR) is 89.9 cm³/mol. The van der Waals surface area contributed by atoms with Crippen molar-refractivity contribution in [1.82, 2.24) is 0 Å². The highest BCUT2D eigenvalue weighted by Gasteiger charge is 2.30. The zero-order valence-corrected chi connectivity index (χ0v) is 14.8. The van der Waals surface area contributed by atoms with E-state index >= 15 is 0 Å². The Morgan fingerprint density at radius 1 is 1.35 bits per heavy atom. The summed E-state index contributed by atoms with van der Waals surface area (Å²) in [7, 11) is -1.34. The second kappa shape index (κ2) is 8.80. The van der Waals surface area contributed by atoms with Crippen LogP contribution in [-0.2, 0) is 9.47 Å². The van der Waals surface area contributed by atoms with Crippen LogP contribution < -0.4 is 0 Å². The minimum atomic E-state index is -1.34. The van der Waals surface area contributed by atoms with Crippen LogP contribution in [0.2, 0.25) is 18.6 Å². The van der Waals surface area contributed by atoms with Gasteiger partial charge in [0.2, 0.25) is 0 Å². The van der Waals surface area contributed by atoms with Crippen molar-refractivity contribution in [1.29, 1.82) is 0 Å². The Morgan fingerprint density at radius 2 is 1.95 bits per heavy atom. The lowest BCUT2D eigenvalue weighted by Gasteiger charge is -2.30.